The second kappa shape index (κ2) is 7.99. The van der Waals surface area contributed by atoms with E-state index in [9.17, 15) is 4.79 Å². The maximum Gasteiger partial charge on any atom is 0.155 e. The number of ketones is 1. The number of rotatable bonds is 4. The standard InChI is InChI=1S/C24H30NO/c1-5-21(25(3)4)24-20(18-12-8-6-9-13-18)16-22(26)17(2)23(24)19-14-10-7-11-15-19/h6-15,17,20,23-24H,5,16H2,1-4H3/q+1/t17-,20+,23-,24-/m0/s1. The number of carbonyl (C=O) groups excluding carboxylic acids is 1. The van der Waals surface area contributed by atoms with Crippen molar-refractivity contribution >= 4 is 11.5 Å². The van der Waals surface area contributed by atoms with E-state index in [1.165, 1.54) is 16.8 Å². The number of nitrogens with zero attached hydrogens (tertiary/aromatic N) is 1. The molecule has 0 N–H and O–H groups in total. The third-order valence-corrected chi connectivity index (χ3v) is 6.02. The summed E-state index contributed by atoms with van der Waals surface area (Å²) in [5, 5.41) is 0. The molecule has 0 heterocycles. The summed E-state index contributed by atoms with van der Waals surface area (Å²) >= 11 is 0. The van der Waals surface area contributed by atoms with E-state index in [1.54, 1.807) is 0 Å². The number of Topliss-reactive ketones (excluding diaryl/α,β-unsaturated/α-hetero) is 1. The average molecular weight is 349 g/mol. The lowest BCUT2D eigenvalue weighted by Gasteiger charge is -2.41. The summed E-state index contributed by atoms with van der Waals surface area (Å²) in [6, 6.07) is 21.2. The highest BCUT2D eigenvalue weighted by atomic mass is 16.1. The van der Waals surface area contributed by atoms with Gasteiger partial charge in [0.05, 0.1) is 5.92 Å². The van der Waals surface area contributed by atoms with E-state index >= 15 is 0 Å². The SMILES string of the molecule is CCC([C@H]1[C@H](c2ccccc2)[C@@H](C)C(=O)C[C@@H]1c1ccccc1)=[N+](C)C. The highest BCUT2D eigenvalue weighted by Gasteiger charge is 2.47. The van der Waals surface area contributed by atoms with Gasteiger partial charge < -0.3 is 0 Å². The summed E-state index contributed by atoms with van der Waals surface area (Å²) in [6.45, 7) is 4.36. The van der Waals surface area contributed by atoms with Crippen molar-refractivity contribution in [2.24, 2.45) is 11.8 Å². The van der Waals surface area contributed by atoms with Crippen LogP contribution in [0.15, 0.2) is 60.7 Å². The Labute approximate surface area is 157 Å². The lowest BCUT2D eigenvalue weighted by molar-refractivity contribution is -0.468. The van der Waals surface area contributed by atoms with Gasteiger partial charge in [0.15, 0.2) is 5.71 Å². The number of benzene rings is 2. The second-order valence-electron chi connectivity index (χ2n) is 7.68. The van der Waals surface area contributed by atoms with Crippen molar-refractivity contribution in [1.82, 2.24) is 0 Å². The molecule has 1 aliphatic carbocycles. The van der Waals surface area contributed by atoms with Crippen molar-refractivity contribution in [1.29, 1.82) is 0 Å². The van der Waals surface area contributed by atoms with Crippen LogP contribution in [0, 0.1) is 11.8 Å². The molecule has 0 radical (unpaired) electrons. The third-order valence-electron chi connectivity index (χ3n) is 6.02. The molecule has 2 aromatic rings. The molecule has 2 heteroatoms. The summed E-state index contributed by atoms with van der Waals surface area (Å²) in [5.74, 6) is 1.23. The van der Waals surface area contributed by atoms with Crippen LogP contribution in [-0.4, -0.2) is 30.2 Å². The maximum absolute atomic E-state index is 13.0. The molecule has 4 atom stereocenters. The smallest absolute Gasteiger partial charge is 0.155 e. The first-order chi connectivity index (χ1) is 12.5. The Hall–Kier alpha value is -2.22. The Kier molecular flexibility index (Phi) is 5.70. The molecule has 0 saturated heterocycles. The molecule has 2 aromatic carbocycles. The molecule has 1 aliphatic rings. The van der Waals surface area contributed by atoms with Gasteiger partial charge in [-0.15, -0.1) is 0 Å². The van der Waals surface area contributed by atoms with Crippen LogP contribution in [-0.2, 0) is 4.79 Å². The summed E-state index contributed by atoms with van der Waals surface area (Å²) in [7, 11) is 4.29. The predicted molar refractivity (Wildman–Crippen MR) is 108 cm³/mol. The van der Waals surface area contributed by atoms with Gasteiger partial charge in [-0.1, -0.05) is 74.5 Å². The first-order valence-corrected chi connectivity index (χ1v) is 9.70. The lowest BCUT2D eigenvalue weighted by atomic mass is 9.60. The van der Waals surface area contributed by atoms with E-state index in [1.807, 2.05) is 0 Å². The normalized spacial score (nSPS) is 25.8. The molecule has 2 nitrogen and oxygen atoms in total. The zero-order valence-corrected chi connectivity index (χ0v) is 16.4. The Bertz CT molecular complexity index is 774. The van der Waals surface area contributed by atoms with Gasteiger partial charge in [-0.2, -0.15) is 0 Å². The van der Waals surface area contributed by atoms with E-state index in [-0.39, 0.29) is 17.8 Å². The van der Waals surface area contributed by atoms with Crippen molar-refractivity contribution in [3.63, 3.8) is 0 Å². The molecular weight excluding hydrogens is 318 g/mol. The van der Waals surface area contributed by atoms with E-state index < -0.39 is 0 Å². The van der Waals surface area contributed by atoms with Crippen LogP contribution in [0.25, 0.3) is 0 Å². The fourth-order valence-electron chi connectivity index (χ4n) is 4.78. The fourth-order valence-corrected chi connectivity index (χ4v) is 4.78. The molecule has 0 spiro atoms. The predicted octanol–water partition coefficient (Wildman–Crippen LogP) is 4.90. The van der Waals surface area contributed by atoms with Crippen LogP contribution < -0.4 is 0 Å². The van der Waals surface area contributed by atoms with Gasteiger partial charge in [0.25, 0.3) is 0 Å². The van der Waals surface area contributed by atoms with Crippen LogP contribution in [0.3, 0.4) is 0 Å². The van der Waals surface area contributed by atoms with Gasteiger partial charge in [-0.05, 0) is 11.1 Å². The van der Waals surface area contributed by atoms with Gasteiger partial charge in [0.1, 0.15) is 19.9 Å². The fraction of sp³-hybridized carbons (Fsp3) is 0.417. The highest BCUT2D eigenvalue weighted by molar-refractivity contribution is 5.91. The first-order valence-electron chi connectivity index (χ1n) is 9.70. The zero-order chi connectivity index (χ0) is 18.7. The topological polar surface area (TPSA) is 20.1 Å². The third kappa shape index (κ3) is 3.51. The molecule has 26 heavy (non-hydrogen) atoms. The quantitative estimate of drug-likeness (QED) is 0.568. The average Bonchev–Trinajstić information content (AvgIpc) is 2.66. The van der Waals surface area contributed by atoms with Gasteiger partial charge in [0.2, 0.25) is 0 Å². The molecular formula is C24H30NO+. The van der Waals surface area contributed by atoms with Crippen LogP contribution in [0.1, 0.15) is 49.7 Å². The molecule has 1 fully saturated rings. The van der Waals surface area contributed by atoms with E-state index in [2.05, 4.69) is 93.2 Å². The van der Waals surface area contributed by atoms with Gasteiger partial charge >= 0.3 is 0 Å². The van der Waals surface area contributed by atoms with Crippen molar-refractivity contribution in [2.45, 2.75) is 38.5 Å². The first kappa shape index (κ1) is 18.6. The molecule has 0 bridgehead atoms. The van der Waals surface area contributed by atoms with Crippen LogP contribution in [0.4, 0.5) is 0 Å². The summed E-state index contributed by atoms with van der Waals surface area (Å²) < 4.78 is 2.28. The van der Waals surface area contributed by atoms with Gasteiger partial charge in [-0.25, -0.2) is 4.58 Å². The van der Waals surface area contributed by atoms with Gasteiger partial charge in [0, 0.05) is 30.6 Å². The molecule has 3 rings (SSSR count). The largest absolute Gasteiger partial charge is 0.299 e. The maximum atomic E-state index is 13.0. The summed E-state index contributed by atoms with van der Waals surface area (Å²) in [5.41, 5.74) is 4.00. The summed E-state index contributed by atoms with van der Waals surface area (Å²) in [6.07, 6.45) is 1.64. The Morgan fingerprint density at radius 1 is 0.962 bits per heavy atom. The number of hydrogen-bond acceptors (Lipinski definition) is 1. The zero-order valence-electron chi connectivity index (χ0n) is 16.4. The van der Waals surface area contributed by atoms with Gasteiger partial charge in [-0.3, -0.25) is 4.79 Å². The van der Waals surface area contributed by atoms with E-state index in [0.717, 1.165) is 6.42 Å². The van der Waals surface area contributed by atoms with Crippen molar-refractivity contribution in [3.05, 3.63) is 71.8 Å². The molecule has 1 saturated carbocycles. The molecule has 0 unspecified atom stereocenters. The monoisotopic (exact) mass is 348 g/mol. The number of carbonyl (C=O) groups is 1. The van der Waals surface area contributed by atoms with Crippen LogP contribution in [0.2, 0.25) is 0 Å². The van der Waals surface area contributed by atoms with Crippen molar-refractivity contribution < 1.29 is 9.37 Å². The molecule has 0 amide bonds. The Balaban J connectivity index is 2.18. The highest BCUT2D eigenvalue weighted by Crippen LogP contribution is 2.48. The molecule has 136 valence electrons. The van der Waals surface area contributed by atoms with Crippen molar-refractivity contribution in [2.75, 3.05) is 14.1 Å². The minimum atomic E-state index is 0.0452. The minimum Gasteiger partial charge on any atom is -0.299 e. The van der Waals surface area contributed by atoms with Crippen LogP contribution >= 0.6 is 0 Å². The summed E-state index contributed by atoms with van der Waals surface area (Å²) in [4.78, 5) is 13.0. The molecule has 0 aromatic heterocycles. The Morgan fingerprint density at radius 2 is 1.50 bits per heavy atom. The Morgan fingerprint density at radius 3 is 2.00 bits per heavy atom. The lowest BCUT2D eigenvalue weighted by Crippen LogP contribution is -2.42. The molecule has 0 aliphatic heterocycles. The van der Waals surface area contributed by atoms with E-state index in [0.29, 0.717) is 18.1 Å². The minimum absolute atomic E-state index is 0.0452. The number of hydrogen-bond donors (Lipinski definition) is 0. The van der Waals surface area contributed by atoms with Crippen molar-refractivity contribution in [3.8, 4) is 0 Å². The van der Waals surface area contributed by atoms with Crippen LogP contribution in [0.5, 0.6) is 0 Å². The van der Waals surface area contributed by atoms with E-state index in [4.69, 9.17) is 0 Å². The second-order valence-corrected chi connectivity index (χ2v) is 7.68.